The van der Waals surface area contributed by atoms with Gasteiger partial charge in [-0.1, -0.05) is 18.2 Å². The SMILES string of the molecule is COc1ccc(-c2ncncc2-c2cnn(-c3ccccc3)c2)c(O)c1. The van der Waals surface area contributed by atoms with Crippen molar-refractivity contribution in [3.8, 4) is 39.6 Å². The van der Waals surface area contributed by atoms with Crippen LogP contribution < -0.4 is 4.74 Å². The molecular formula is C20H16N4O2. The summed E-state index contributed by atoms with van der Waals surface area (Å²) in [5.41, 5.74) is 3.85. The van der Waals surface area contributed by atoms with E-state index in [1.54, 1.807) is 42.4 Å². The van der Waals surface area contributed by atoms with Crippen LogP contribution in [0.25, 0.3) is 28.1 Å². The Hall–Kier alpha value is -3.67. The van der Waals surface area contributed by atoms with Crippen molar-refractivity contribution >= 4 is 0 Å². The van der Waals surface area contributed by atoms with Crippen LogP contribution in [0.2, 0.25) is 0 Å². The highest BCUT2D eigenvalue weighted by Crippen LogP contribution is 2.36. The zero-order chi connectivity index (χ0) is 17.9. The molecule has 0 fully saturated rings. The minimum atomic E-state index is 0.0970. The molecule has 0 aliphatic rings. The fraction of sp³-hybridized carbons (Fsp3) is 0.0500. The van der Waals surface area contributed by atoms with Gasteiger partial charge in [-0.3, -0.25) is 0 Å². The Balaban J connectivity index is 1.79. The van der Waals surface area contributed by atoms with Crippen molar-refractivity contribution in [2.24, 2.45) is 0 Å². The lowest BCUT2D eigenvalue weighted by atomic mass is 10.0. The number of hydrogen-bond donors (Lipinski definition) is 1. The number of benzene rings is 2. The minimum absolute atomic E-state index is 0.0970. The summed E-state index contributed by atoms with van der Waals surface area (Å²) >= 11 is 0. The summed E-state index contributed by atoms with van der Waals surface area (Å²) in [6.45, 7) is 0. The summed E-state index contributed by atoms with van der Waals surface area (Å²) < 4.78 is 6.94. The van der Waals surface area contributed by atoms with Crippen molar-refractivity contribution < 1.29 is 9.84 Å². The molecule has 0 amide bonds. The Bertz CT molecular complexity index is 1040. The van der Waals surface area contributed by atoms with Crippen LogP contribution in [0.15, 0.2) is 73.4 Å². The van der Waals surface area contributed by atoms with Crippen LogP contribution in [0.1, 0.15) is 0 Å². The maximum atomic E-state index is 10.4. The number of aromatic nitrogens is 4. The third kappa shape index (κ3) is 2.88. The first kappa shape index (κ1) is 15.8. The molecule has 0 aliphatic carbocycles. The smallest absolute Gasteiger partial charge is 0.128 e. The number of methoxy groups -OCH3 is 1. The van der Waals surface area contributed by atoms with Crippen molar-refractivity contribution in [3.05, 3.63) is 73.4 Å². The molecule has 0 unspecified atom stereocenters. The number of phenols is 1. The number of nitrogens with zero attached hydrogens (tertiary/aromatic N) is 4. The van der Waals surface area contributed by atoms with E-state index in [2.05, 4.69) is 15.1 Å². The van der Waals surface area contributed by atoms with E-state index in [4.69, 9.17) is 4.74 Å². The normalized spacial score (nSPS) is 10.7. The molecule has 1 N–H and O–H groups in total. The van der Waals surface area contributed by atoms with E-state index in [0.29, 0.717) is 17.0 Å². The number of hydrogen-bond acceptors (Lipinski definition) is 5. The standard InChI is InChI=1S/C20H16N4O2/c1-26-16-7-8-17(19(25)9-16)20-18(11-21-13-22-20)14-10-23-24(12-14)15-5-3-2-4-6-15/h2-13,25H,1H3. The monoisotopic (exact) mass is 344 g/mol. The predicted octanol–water partition coefficient (Wildman–Crippen LogP) is 3.71. The van der Waals surface area contributed by atoms with E-state index in [9.17, 15) is 5.11 Å². The molecular weight excluding hydrogens is 328 g/mol. The van der Waals surface area contributed by atoms with Gasteiger partial charge in [-0.2, -0.15) is 5.10 Å². The molecule has 4 aromatic rings. The van der Waals surface area contributed by atoms with Crippen molar-refractivity contribution in [2.45, 2.75) is 0 Å². The van der Waals surface area contributed by atoms with E-state index >= 15 is 0 Å². The van der Waals surface area contributed by atoms with Crippen LogP contribution in [0.4, 0.5) is 0 Å². The van der Waals surface area contributed by atoms with Gasteiger partial charge in [0.15, 0.2) is 0 Å². The molecule has 0 atom stereocenters. The minimum Gasteiger partial charge on any atom is -0.507 e. The molecule has 2 heterocycles. The molecule has 0 spiro atoms. The Morgan fingerprint density at radius 2 is 1.85 bits per heavy atom. The fourth-order valence-electron chi connectivity index (χ4n) is 2.78. The molecule has 2 aromatic carbocycles. The van der Waals surface area contributed by atoms with Gasteiger partial charge >= 0.3 is 0 Å². The highest BCUT2D eigenvalue weighted by Gasteiger charge is 2.15. The number of aromatic hydroxyl groups is 1. The number of rotatable bonds is 4. The molecule has 128 valence electrons. The average Bonchev–Trinajstić information content (AvgIpc) is 3.19. The van der Waals surface area contributed by atoms with Gasteiger partial charge in [-0.05, 0) is 24.3 Å². The van der Waals surface area contributed by atoms with Gasteiger partial charge in [-0.15, -0.1) is 0 Å². The first-order chi connectivity index (χ1) is 12.8. The number of phenolic OH excluding ortho intramolecular Hbond substituents is 1. The maximum Gasteiger partial charge on any atom is 0.128 e. The van der Waals surface area contributed by atoms with Gasteiger partial charge in [0.25, 0.3) is 0 Å². The van der Waals surface area contributed by atoms with Crippen molar-refractivity contribution in [1.29, 1.82) is 0 Å². The molecule has 6 nitrogen and oxygen atoms in total. The number of para-hydroxylation sites is 1. The molecule has 0 bridgehead atoms. The zero-order valence-electron chi connectivity index (χ0n) is 14.1. The van der Waals surface area contributed by atoms with Crippen molar-refractivity contribution in [3.63, 3.8) is 0 Å². The van der Waals surface area contributed by atoms with E-state index in [-0.39, 0.29) is 5.75 Å². The number of ether oxygens (including phenoxy) is 1. The van der Waals surface area contributed by atoms with Crippen LogP contribution in [0.3, 0.4) is 0 Å². The highest BCUT2D eigenvalue weighted by atomic mass is 16.5. The van der Waals surface area contributed by atoms with Gasteiger partial charge in [0.2, 0.25) is 0 Å². The second kappa shape index (κ2) is 6.68. The third-order valence-electron chi connectivity index (χ3n) is 4.09. The molecule has 0 saturated carbocycles. The highest BCUT2D eigenvalue weighted by molar-refractivity contribution is 5.82. The van der Waals surface area contributed by atoms with Gasteiger partial charge in [0, 0.05) is 35.2 Å². The Morgan fingerprint density at radius 3 is 2.62 bits per heavy atom. The Labute approximate surface area is 150 Å². The maximum absolute atomic E-state index is 10.4. The van der Waals surface area contributed by atoms with Crippen LogP contribution in [0, 0.1) is 0 Å². The fourth-order valence-corrected chi connectivity index (χ4v) is 2.78. The average molecular weight is 344 g/mol. The van der Waals surface area contributed by atoms with Crippen LogP contribution in [0.5, 0.6) is 11.5 Å². The summed E-state index contributed by atoms with van der Waals surface area (Å²) in [7, 11) is 1.56. The van der Waals surface area contributed by atoms with Crippen LogP contribution in [-0.2, 0) is 0 Å². The lowest BCUT2D eigenvalue weighted by Gasteiger charge is -2.09. The van der Waals surface area contributed by atoms with E-state index in [1.807, 2.05) is 36.5 Å². The van der Waals surface area contributed by atoms with Crippen LogP contribution in [-0.4, -0.2) is 32.0 Å². The largest absolute Gasteiger partial charge is 0.507 e. The summed E-state index contributed by atoms with van der Waals surface area (Å²) in [6.07, 6.45) is 6.86. The molecule has 0 radical (unpaired) electrons. The molecule has 0 saturated heterocycles. The predicted molar refractivity (Wildman–Crippen MR) is 98.2 cm³/mol. The molecule has 2 aromatic heterocycles. The Kier molecular flexibility index (Phi) is 4.07. The van der Waals surface area contributed by atoms with E-state index < -0.39 is 0 Å². The molecule has 6 heteroatoms. The lowest BCUT2D eigenvalue weighted by molar-refractivity contribution is 0.408. The second-order valence-electron chi connectivity index (χ2n) is 5.68. The quantitative estimate of drug-likeness (QED) is 0.611. The van der Waals surface area contributed by atoms with E-state index in [0.717, 1.165) is 16.8 Å². The first-order valence-electron chi connectivity index (χ1n) is 8.04. The van der Waals surface area contributed by atoms with Crippen LogP contribution >= 0.6 is 0 Å². The van der Waals surface area contributed by atoms with Crippen molar-refractivity contribution in [1.82, 2.24) is 19.7 Å². The second-order valence-corrected chi connectivity index (χ2v) is 5.68. The Morgan fingerprint density at radius 1 is 1.00 bits per heavy atom. The summed E-state index contributed by atoms with van der Waals surface area (Å²) in [5, 5.41) is 14.8. The first-order valence-corrected chi connectivity index (χ1v) is 8.04. The topological polar surface area (TPSA) is 73.1 Å². The molecule has 26 heavy (non-hydrogen) atoms. The molecule has 0 aliphatic heterocycles. The van der Waals surface area contributed by atoms with Gasteiger partial charge < -0.3 is 9.84 Å². The zero-order valence-corrected chi connectivity index (χ0v) is 14.1. The molecule has 4 rings (SSSR count). The van der Waals surface area contributed by atoms with Gasteiger partial charge in [0.05, 0.1) is 24.7 Å². The van der Waals surface area contributed by atoms with Gasteiger partial charge in [-0.25, -0.2) is 14.6 Å². The van der Waals surface area contributed by atoms with E-state index in [1.165, 1.54) is 6.33 Å². The van der Waals surface area contributed by atoms with Gasteiger partial charge in [0.1, 0.15) is 17.8 Å². The van der Waals surface area contributed by atoms with Crippen molar-refractivity contribution in [2.75, 3.05) is 7.11 Å². The summed E-state index contributed by atoms with van der Waals surface area (Å²) in [5.74, 6) is 0.679. The third-order valence-corrected chi connectivity index (χ3v) is 4.09. The lowest BCUT2D eigenvalue weighted by Crippen LogP contribution is -1.93. The summed E-state index contributed by atoms with van der Waals surface area (Å²) in [6, 6.07) is 15.0. The summed E-state index contributed by atoms with van der Waals surface area (Å²) in [4.78, 5) is 8.51.